The van der Waals surface area contributed by atoms with Crippen LogP contribution in [0, 0.1) is 0 Å². The van der Waals surface area contributed by atoms with Crippen LogP contribution in [0.5, 0.6) is 5.75 Å². The van der Waals surface area contributed by atoms with E-state index in [1.807, 2.05) is 66.1 Å². The van der Waals surface area contributed by atoms with Gasteiger partial charge in [-0.2, -0.15) is 0 Å². The van der Waals surface area contributed by atoms with E-state index < -0.39 is 0 Å². The van der Waals surface area contributed by atoms with E-state index in [9.17, 15) is 9.59 Å². The number of rotatable bonds is 7. The Labute approximate surface area is 237 Å². The Morgan fingerprint density at radius 1 is 1.02 bits per heavy atom. The van der Waals surface area contributed by atoms with Gasteiger partial charge in [-0.05, 0) is 36.8 Å². The van der Waals surface area contributed by atoms with Crippen molar-refractivity contribution in [3.05, 3.63) is 100 Å². The quantitative estimate of drug-likeness (QED) is 0.158. The molecular weight excluding hydrogens is 518 g/mol. The van der Waals surface area contributed by atoms with Crippen LogP contribution in [0.2, 0.25) is 0 Å². The number of allylic oxidation sites excluding steroid dienone is 1. The van der Waals surface area contributed by atoms with Gasteiger partial charge in [-0.1, -0.05) is 66.7 Å². The first-order valence-corrected chi connectivity index (χ1v) is 14.0. The number of benzene rings is 3. The summed E-state index contributed by atoms with van der Waals surface area (Å²) in [6.45, 7) is 3.67. The SMILES string of the molecule is CCOC(=O)c1c(CCCOc2cccc3ccccc23)c2cccc3c2n1C/C=C\COCc1[nH]n(C)c(=O)c1-3. The molecule has 0 fully saturated rings. The van der Waals surface area contributed by atoms with Crippen LogP contribution in [0.15, 0.2) is 77.6 Å². The van der Waals surface area contributed by atoms with Gasteiger partial charge >= 0.3 is 5.97 Å². The summed E-state index contributed by atoms with van der Waals surface area (Å²) in [4.78, 5) is 26.8. The molecule has 0 unspecified atom stereocenters. The molecule has 3 aromatic carbocycles. The summed E-state index contributed by atoms with van der Waals surface area (Å²) >= 11 is 0. The lowest BCUT2D eigenvalue weighted by atomic mass is 10.00. The highest BCUT2D eigenvalue weighted by molar-refractivity contribution is 6.04. The van der Waals surface area contributed by atoms with Crippen LogP contribution in [0.1, 0.15) is 35.1 Å². The number of esters is 1. The third-order valence-corrected chi connectivity index (χ3v) is 7.54. The van der Waals surface area contributed by atoms with E-state index in [0.717, 1.165) is 38.6 Å². The number of nitrogens with one attached hydrogen (secondary N) is 1. The van der Waals surface area contributed by atoms with E-state index in [1.54, 1.807) is 7.05 Å². The summed E-state index contributed by atoms with van der Waals surface area (Å²) < 4.78 is 21.1. The van der Waals surface area contributed by atoms with Crippen LogP contribution in [0.25, 0.3) is 32.8 Å². The summed E-state index contributed by atoms with van der Waals surface area (Å²) in [5, 5.41) is 6.28. The third kappa shape index (κ3) is 4.95. The molecule has 0 aliphatic carbocycles. The molecule has 2 aromatic heterocycles. The Bertz CT molecular complexity index is 1820. The number of ether oxygens (including phenoxy) is 3. The Hall–Kier alpha value is -4.56. The van der Waals surface area contributed by atoms with Crippen molar-refractivity contribution in [2.24, 2.45) is 7.05 Å². The van der Waals surface area contributed by atoms with Crippen molar-refractivity contribution in [2.75, 3.05) is 19.8 Å². The van der Waals surface area contributed by atoms with Gasteiger partial charge in [-0.25, -0.2) is 4.79 Å². The molecule has 1 N–H and O–H groups in total. The molecule has 5 aromatic rings. The Morgan fingerprint density at radius 3 is 2.71 bits per heavy atom. The zero-order valence-electron chi connectivity index (χ0n) is 23.3. The zero-order valence-corrected chi connectivity index (χ0v) is 23.3. The lowest BCUT2D eigenvalue weighted by Crippen LogP contribution is -2.15. The zero-order chi connectivity index (χ0) is 28.3. The molecule has 41 heavy (non-hydrogen) atoms. The van der Waals surface area contributed by atoms with Gasteiger partial charge in [0.1, 0.15) is 11.4 Å². The normalized spacial score (nSPS) is 14.0. The first kappa shape index (κ1) is 26.7. The van der Waals surface area contributed by atoms with E-state index in [-0.39, 0.29) is 24.7 Å². The smallest absolute Gasteiger partial charge is 0.355 e. The van der Waals surface area contributed by atoms with Gasteiger partial charge in [-0.15, -0.1) is 0 Å². The maximum atomic E-state index is 13.5. The monoisotopic (exact) mass is 551 g/mol. The standard InChI is InChI=1S/C33H33N3O5/c1-3-40-33(38)31-25(16-10-20-41-28-17-8-12-22-11-4-5-13-23(22)28)24-14-9-15-26-29-27(34-35(2)32(29)37)21-39-19-7-6-18-36(31)30(24)26/h4-9,11-15,17,34H,3,10,16,18-21H2,1-2H3/b7-6-. The molecule has 0 saturated carbocycles. The molecule has 0 bridgehead atoms. The fraction of sp³-hybridized carbons (Fsp3) is 0.273. The number of H-pyrrole nitrogens is 1. The van der Waals surface area contributed by atoms with Crippen molar-refractivity contribution in [1.29, 1.82) is 0 Å². The number of aromatic amines is 1. The molecule has 0 spiro atoms. The number of aryl methyl sites for hydroxylation is 2. The van der Waals surface area contributed by atoms with Gasteiger partial charge in [0.25, 0.3) is 5.56 Å². The second-order valence-corrected chi connectivity index (χ2v) is 10.1. The minimum atomic E-state index is -0.374. The molecule has 8 nitrogen and oxygen atoms in total. The maximum Gasteiger partial charge on any atom is 0.355 e. The van der Waals surface area contributed by atoms with Gasteiger partial charge in [0.15, 0.2) is 0 Å². The summed E-state index contributed by atoms with van der Waals surface area (Å²) in [6, 6.07) is 20.1. The largest absolute Gasteiger partial charge is 0.493 e. The summed E-state index contributed by atoms with van der Waals surface area (Å²) in [7, 11) is 1.70. The average Bonchev–Trinajstić information content (AvgIpc) is 3.44. The number of para-hydroxylation sites is 1. The summed E-state index contributed by atoms with van der Waals surface area (Å²) in [5.41, 5.74) is 4.14. The lowest BCUT2D eigenvalue weighted by molar-refractivity contribution is 0.0513. The van der Waals surface area contributed by atoms with Crippen molar-refractivity contribution >= 4 is 27.6 Å². The van der Waals surface area contributed by atoms with Gasteiger partial charge in [0, 0.05) is 29.9 Å². The van der Waals surface area contributed by atoms with Crippen molar-refractivity contribution in [3.8, 4) is 16.9 Å². The minimum Gasteiger partial charge on any atom is -0.493 e. The number of aromatic nitrogens is 3. The Morgan fingerprint density at radius 2 is 1.83 bits per heavy atom. The van der Waals surface area contributed by atoms with Crippen LogP contribution in [-0.4, -0.2) is 40.1 Å². The fourth-order valence-corrected chi connectivity index (χ4v) is 5.77. The highest BCUT2D eigenvalue weighted by Gasteiger charge is 2.27. The second-order valence-electron chi connectivity index (χ2n) is 10.1. The molecule has 6 rings (SSSR count). The molecule has 0 atom stereocenters. The number of nitrogens with zero attached hydrogens (tertiary/aromatic N) is 2. The van der Waals surface area contributed by atoms with Crippen molar-refractivity contribution in [1.82, 2.24) is 14.3 Å². The van der Waals surface area contributed by atoms with E-state index in [4.69, 9.17) is 14.2 Å². The van der Waals surface area contributed by atoms with Crippen LogP contribution >= 0.6 is 0 Å². The topological polar surface area (TPSA) is 87.5 Å². The molecule has 1 aliphatic heterocycles. The van der Waals surface area contributed by atoms with Crippen LogP contribution in [-0.2, 0) is 36.1 Å². The van der Waals surface area contributed by atoms with Crippen molar-refractivity contribution < 1.29 is 19.0 Å². The summed E-state index contributed by atoms with van der Waals surface area (Å²) in [5.74, 6) is 0.470. The van der Waals surface area contributed by atoms with Gasteiger partial charge in [0.05, 0.1) is 43.2 Å². The average molecular weight is 552 g/mol. The van der Waals surface area contributed by atoms with Crippen molar-refractivity contribution in [2.45, 2.75) is 32.9 Å². The van der Waals surface area contributed by atoms with E-state index in [2.05, 4.69) is 23.3 Å². The van der Waals surface area contributed by atoms with Gasteiger partial charge in [0.2, 0.25) is 0 Å². The molecule has 3 heterocycles. The molecule has 0 radical (unpaired) electrons. The van der Waals surface area contributed by atoms with E-state index in [0.29, 0.717) is 49.6 Å². The van der Waals surface area contributed by atoms with Gasteiger partial charge in [-0.3, -0.25) is 14.6 Å². The second kappa shape index (κ2) is 11.5. The van der Waals surface area contributed by atoms with Crippen LogP contribution < -0.4 is 10.3 Å². The first-order valence-electron chi connectivity index (χ1n) is 14.0. The third-order valence-electron chi connectivity index (χ3n) is 7.54. The Kier molecular flexibility index (Phi) is 7.48. The molecule has 0 saturated heterocycles. The fourth-order valence-electron chi connectivity index (χ4n) is 5.77. The highest BCUT2D eigenvalue weighted by Crippen LogP contribution is 2.36. The molecule has 0 amide bonds. The molecular formula is C33H33N3O5. The van der Waals surface area contributed by atoms with Crippen LogP contribution in [0.4, 0.5) is 0 Å². The van der Waals surface area contributed by atoms with Crippen molar-refractivity contribution in [3.63, 3.8) is 0 Å². The first-order chi connectivity index (χ1) is 20.1. The van der Waals surface area contributed by atoms with E-state index >= 15 is 0 Å². The van der Waals surface area contributed by atoms with E-state index in [1.165, 1.54) is 4.68 Å². The predicted molar refractivity (Wildman–Crippen MR) is 159 cm³/mol. The molecule has 8 heteroatoms. The lowest BCUT2D eigenvalue weighted by Gasteiger charge is -2.12. The predicted octanol–water partition coefficient (Wildman–Crippen LogP) is 5.76. The van der Waals surface area contributed by atoms with Crippen LogP contribution in [0.3, 0.4) is 0 Å². The van der Waals surface area contributed by atoms with Gasteiger partial charge < -0.3 is 18.8 Å². The minimum absolute atomic E-state index is 0.140. The number of carbonyl (C=O) groups is 1. The number of hydrogen-bond donors (Lipinski definition) is 1. The summed E-state index contributed by atoms with van der Waals surface area (Å²) in [6.07, 6.45) is 5.23. The Balaban J connectivity index is 1.43. The number of carbonyl (C=O) groups excluding carboxylic acids is 1. The highest BCUT2D eigenvalue weighted by atomic mass is 16.5. The number of fused-ring (bicyclic) bond motifs is 3. The maximum absolute atomic E-state index is 13.5. The number of hydrogen-bond acceptors (Lipinski definition) is 5. The molecule has 210 valence electrons. The molecule has 1 aliphatic rings.